The highest BCUT2D eigenvalue weighted by Gasteiger charge is 2.12. The van der Waals surface area contributed by atoms with Crippen molar-refractivity contribution in [2.24, 2.45) is 5.73 Å². The minimum Gasteiger partial charge on any atom is -0.324 e. The maximum Gasteiger partial charge on any atom is 0.160 e. The van der Waals surface area contributed by atoms with E-state index >= 15 is 0 Å². The standard InChI is InChI=1S/C14H11F2N3/c15-10-6-5-9(7-11(10)16)19-13-4-2-1-3-12(13)18-14(19)8-17/h1-7H,8,17H2. The molecule has 0 fully saturated rings. The van der Waals surface area contributed by atoms with Gasteiger partial charge in [-0.3, -0.25) is 4.57 Å². The number of aromatic nitrogens is 2. The number of imidazole rings is 1. The molecule has 96 valence electrons. The highest BCUT2D eigenvalue weighted by atomic mass is 19.2. The molecule has 1 aromatic heterocycles. The third-order valence-corrected chi connectivity index (χ3v) is 2.97. The predicted octanol–water partition coefficient (Wildman–Crippen LogP) is 2.76. The van der Waals surface area contributed by atoms with E-state index in [1.807, 2.05) is 24.3 Å². The molecule has 3 nitrogen and oxygen atoms in total. The van der Waals surface area contributed by atoms with Crippen LogP contribution in [0.25, 0.3) is 16.7 Å². The number of hydrogen-bond acceptors (Lipinski definition) is 2. The monoisotopic (exact) mass is 259 g/mol. The molecule has 0 aliphatic heterocycles. The highest BCUT2D eigenvalue weighted by molar-refractivity contribution is 5.78. The summed E-state index contributed by atoms with van der Waals surface area (Å²) in [4.78, 5) is 4.38. The summed E-state index contributed by atoms with van der Waals surface area (Å²) in [5.41, 5.74) is 7.76. The molecule has 1 heterocycles. The van der Waals surface area contributed by atoms with Gasteiger partial charge in [0, 0.05) is 6.07 Å². The molecule has 0 aliphatic rings. The molecule has 0 saturated heterocycles. The van der Waals surface area contributed by atoms with Gasteiger partial charge in [-0.05, 0) is 24.3 Å². The molecular weight excluding hydrogens is 248 g/mol. The van der Waals surface area contributed by atoms with E-state index in [2.05, 4.69) is 4.98 Å². The Kier molecular flexibility index (Phi) is 2.76. The summed E-state index contributed by atoms with van der Waals surface area (Å²) in [6.45, 7) is 0.216. The van der Waals surface area contributed by atoms with Crippen LogP contribution in [0.15, 0.2) is 42.5 Å². The molecular formula is C14H11F2N3. The van der Waals surface area contributed by atoms with E-state index in [1.54, 1.807) is 4.57 Å². The molecule has 0 bridgehead atoms. The third-order valence-electron chi connectivity index (χ3n) is 2.97. The molecule has 0 spiro atoms. The van der Waals surface area contributed by atoms with Crippen LogP contribution in [0.4, 0.5) is 8.78 Å². The van der Waals surface area contributed by atoms with Crippen molar-refractivity contribution in [3.8, 4) is 5.69 Å². The maximum atomic E-state index is 13.4. The Labute approximate surface area is 108 Å². The van der Waals surface area contributed by atoms with Crippen molar-refractivity contribution >= 4 is 11.0 Å². The average molecular weight is 259 g/mol. The maximum absolute atomic E-state index is 13.4. The van der Waals surface area contributed by atoms with Gasteiger partial charge in [0.05, 0.1) is 23.3 Å². The molecule has 0 amide bonds. The Balaban J connectivity index is 2.31. The van der Waals surface area contributed by atoms with E-state index in [1.165, 1.54) is 6.07 Å². The lowest BCUT2D eigenvalue weighted by Crippen LogP contribution is -2.07. The first-order valence-corrected chi connectivity index (χ1v) is 5.82. The summed E-state index contributed by atoms with van der Waals surface area (Å²) >= 11 is 0. The summed E-state index contributed by atoms with van der Waals surface area (Å²) in [6.07, 6.45) is 0. The van der Waals surface area contributed by atoms with Crippen LogP contribution < -0.4 is 5.73 Å². The SMILES string of the molecule is NCc1nc2ccccc2n1-c1ccc(F)c(F)c1. The van der Waals surface area contributed by atoms with Crippen LogP contribution in [0.1, 0.15) is 5.82 Å². The summed E-state index contributed by atoms with van der Waals surface area (Å²) in [5.74, 6) is -1.16. The van der Waals surface area contributed by atoms with Crippen LogP contribution >= 0.6 is 0 Å². The van der Waals surface area contributed by atoms with Crippen molar-refractivity contribution < 1.29 is 8.78 Å². The fourth-order valence-electron chi connectivity index (χ4n) is 2.13. The lowest BCUT2D eigenvalue weighted by atomic mass is 10.2. The van der Waals surface area contributed by atoms with Crippen molar-refractivity contribution in [1.82, 2.24) is 9.55 Å². The molecule has 0 radical (unpaired) electrons. The molecule has 0 aliphatic carbocycles. The third kappa shape index (κ3) is 1.88. The summed E-state index contributed by atoms with van der Waals surface area (Å²) < 4.78 is 28.1. The molecule has 3 rings (SSSR count). The largest absolute Gasteiger partial charge is 0.324 e. The van der Waals surface area contributed by atoms with E-state index in [0.717, 1.165) is 23.2 Å². The van der Waals surface area contributed by atoms with Gasteiger partial charge in [-0.25, -0.2) is 13.8 Å². The van der Waals surface area contributed by atoms with Crippen molar-refractivity contribution in [3.63, 3.8) is 0 Å². The summed E-state index contributed by atoms with van der Waals surface area (Å²) in [5, 5.41) is 0. The zero-order valence-electron chi connectivity index (χ0n) is 9.98. The number of rotatable bonds is 2. The lowest BCUT2D eigenvalue weighted by Gasteiger charge is -2.08. The predicted molar refractivity (Wildman–Crippen MR) is 68.9 cm³/mol. The number of nitrogens with two attached hydrogens (primary N) is 1. The fraction of sp³-hybridized carbons (Fsp3) is 0.0714. The molecule has 2 aromatic carbocycles. The normalized spacial score (nSPS) is 11.1. The zero-order valence-corrected chi connectivity index (χ0v) is 9.98. The number of fused-ring (bicyclic) bond motifs is 1. The number of benzene rings is 2. The first kappa shape index (κ1) is 11.8. The number of hydrogen-bond donors (Lipinski definition) is 1. The number of halogens is 2. The second-order valence-corrected chi connectivity index (χ2v) is 4.15. The van der Waals surface area contributed by atoms with Gasteiger partial charge in [0.2, 0.25) is 0 Å². The summed E-state index contributed by atoms with van der Waals surface area (Å²) in [6, 6.07) is 11.2. The topological polar surface area (TPSA) is 43.8 Å². The van der Waals surface area contributed by atoms with Crippen LogP contribution in [0.5, 0.6) is 0 Å². The van der Waals surface area contributed by atoms with E-state index in [-0.39, 0.29) is 6.54 Å². The van der Waals surface area contributed by atoms with E-state index in [4.69, 9.17) is 5.73 Å². The first-order valence-electron chi connectivity index (χ1n) is 5.82. The minimum absolute atomic E-state index is 0.216. The van der Waals surface area contributed by atoms with Crippen LogP contribution in [0, 0.1) is 11.6 Å². The van der Waals surface area contributed by atoms with Gasteiger partial charge in [-0.1, -0.05) is 12.1 Å². The molecule has 2 N–H and O–H groups in total. The van der Waals surface area contributed by atoms with Crippen LogP contribution in [0.3, 0.4) is 0 Å². The Morgan fingerprint density at radius 1 is 1.05 bits per heavy atom. The van der Waals surface area contributed by atoms with Gasteiger partial charge < -0.3 is 5.73 Å². The quantitative estimate of drug-likeness (QED) is 0.769. The van der Waals surface area contributed by atoms with Crippen molar-refractivity contribution in [2.75, 3.05) is 0 Å². The van der Waals surface area contributed by atoms with E-state index < -0.39 is 11.6 Å². The van der Waals surface area contributed by atoms with Crippen LogP contribution in [-0.2, 0) is 6.54 Å². The Morgan fingerprint density at radius 3 is 2.58 bits per heavy atom. The highest BCUT2D eigenvalue weighted by Crippen LogP contribution is 2.22. The summed E-state index contributed by atoms with van der Waals surface area (Å²) in [7, 11) is 0. The van der Waals surface area contributed by atoms with E-state index in [9.17, 15) is 8.78 Å². The Hall–Kier alpha value is -2.27. The van der Waals surface area contributed by atoms with Crippen LogP contribution in [0.2, 0.25) is 0 Å². The van der Waals surface area contributed by atoms with Crippen molar-refractivity contribution in [3.05, 3.63) is 59.9 Å². The smallest absolute Gasteiger partial charge is 0.160 e. The second-order valence-electron chi connectivity index (χ2n) is 4.15. The average Bonchev–Trinajstić information content (AvgIpc) is 2.80. The van der Waals surface area contributed by atoms with Gasteiger partial charge in [0.1, 0.15) is 5.82 Å². The molecule has 5 heteroatoms. The first-order chi connectivity index (χ1) is 9.20. The number of nitrogens with zero attached hydrogens (tertiary/aromatic N) is 2. The van der Waals surface area contributed by atoms with Gasteiger partial charge in [0.15, 0.2) is 11.6 Å². The molecule has 3 aromatic rings. The Morgan fingerprint density at radius 2 is 1.84 bits per heavy atom. The van der Waals surface area contributed by atoms with Crippen molar-refractivity contribution in [2.45, 2.75) is 6.54 Å². The molecule has 19 heavy (non-hydrogen) atoms. The van der Waals surface area contributed by atoms with Gasteiger partial charge in [-0.15, -0.1) is 0 Å². The Bertz CT molecular complexity index is 750. The van der Waals surface area contributed by atoms with Gasteiger partial charge >= 0.3 is 0 Å². The second kappa shape index (κ2) is 4.44. The zero-order chi connectivity index (χ0) is 13.4. The molecule has 0 atom stereocenters. The fourth-order valence-corrected chi connectivity index (χ4v) is 2.13. The van der Waals surface area contributed by atoms with Gasteiger partial charge in [0.25, 0.3) is 0 Å². The molecule has 0 saturated carbocycles. The minimum atomic E-state index is -0.891. The number of para-hydroxylation sites is 2. The lowest BCUT2D eigenvalue weighted by molar-refractivity contribution is 0.508. The molecule has 0 unspecified atom stereocenters. The van der Waals surface area contributed by atoms with Crippen molar-refractivity contribution in [1.29, 1.82) is 0 Å². The van der Waals surface area contributed by atoms with Gasteiger partial charge in [-0.2, -0.15) is 0 Å². The van der Waals surface area contributed by atoms with Crippen LogP contribution in [-0.4, -0.2) is 9.55 Å². The van der Waals surface area contributed by atoms with E-state index in [0.29, 0.717) is 11.5 Å².